The van der Waals surface area contributed by atoms with E-state index in [0.29, 0.717) is 29.9 Å². The molecule has 9 nitrogen and oxygen atoms in total. The summed E-state index contributed by atoms with van der Waals surface area (Å²) in [5.41, 5.74) is 1.99. The molecule has 0 amide bonds. The summed E-state index contributed by atoms with van der Waals surface area (Å²) in [5.74, 6) is -1.08. The molecule has 1 saturated heterocycles. The topological polar surface area (TPSA) is 112 Å². The standard InChI is InChI=1S/C28H34FN3O6.BrH/c1-3-36-23-14-19-16-32(28(30)25(19)26(29)27(23)37-4-2)17-22(33)18-12-20(31-9-5-6-10-31)15-21(13-18)38-11-7-8-24(34)35;/h12-15,30H,3-11,16-17H2,1-2H3,(H,34,35);1H. The Morgan fingerprint density at radius 1 is 1.05 bits per heavy atom. The number of carboxylic acid groups (broad SMARTS) is 1. The summed E-state index contributed by atoms with van der Waals surface area (Å²) < 4.78 is 32.2. The number of benzene rings is 2. The molecule has 0 aromatic heterocycles. The van der Waals surface area contributed by atoms with Gasteiger partial charge in [0.2, 0.25) is 0 Å². The Labute approximate surface area is 238 Å². The molecule has 4 rings (SSSR count). The van der Waals surface area contributed by atoms with Crippen LogP contribution < -0.4 is 19.1 Å². The van der Waals surface area contributed by atoms with E-state index in [4.69, 9.17) is 24.7 Å². The maximum Gasteiger partial charge on any atom is 0.303 e. The van der Waals surface area contributed by atoms with Gasteiger partial charge >= 0.3 is 5.97 Å². The van der Waals surface area contributed by atoms with Crippen molar-refractivity contribution in [2.45, 2.75) is 46.1 Å². The van der Waals surface area contributed by atoms with Gasteiger partial charge in [0.1, 0.15) is 11.6 Å². The fourth-order valence-corrected chi connectivity index (χ4v) is 4.82. The highest BCUT2D eigenvalue weighted by Gasteiger charge is 2.33. The van der Waals surface area contributed by atoms with E-state index < -0.39 is 11.8 Å². The molecule has 0 unspecified atom stereocenters. The molecule has 0 saturated carbocycles. The van der Waals surface area contributed by atoms with E-state index >= 15 is 4.39 Å². The predicted molar refractivity (Wildman–Crippen MR) is 151 cm³/mol. The number of rotatable bonds is 13. The fourth-order valence-electron chi connectivity index (χ4n) is 4.82. The highest BCUT2D eigenvalue weighted by Crippen LogP contribution is 2.39. The van der Waals surface area contributed by atoms with Gasteiger partial charge in [0.05, 0.1) is 31.9 Å². The van der Waals surface area contributed by atoms with E-state index in [1.54, 1.807) is 26.0 Å². The molecule has 2 heterocycles. The highest BCUT2D eigenvalue weighted by atomic mass is 79.9. The summed E-state index contributed by atoms with van der Waals surface area (Å²) in [4.78, 5) is 28.0. The second kappa shape index (κ2) is 13.6. The van der Waals surface area contributed by atoms with Gasteiger partial charge in [0.25, 0.3) is 0 Å². The van der Waals surface area contributed by atoms with Crippen LogP contribution in [0.1, 0.15) is 61.0 Å². The number of hydrogen-bond acceptors (Lipinski definition) is 7. The van der Waals surface area contributed by atoms with Crippen molar-refractivity contribution in [3.05, 3.63) is 46.8 Å². The summed E-state index contributed by atoms with van der Waals surface area (Å²) in [6, 6.07) is 7.03. The quantitative estimate of drug-likeness (QED) is 0.240. The number of carbonyl (C=O) groups is 2. The normalized spacial score (nSPS) is 14.2. The first kappa shape index (κ1) is 30.2. The Bertz CT molecular complexity index is 1220. The van der Waals surface area contributed by atoms with Gasteiger partial charge < -0.3 is 29.1 Å². The molecule has 11 heteroatoms. The van der Waals surface area contributed by atoms with E-state index in [1.807, 2.05) is 12.1 Å². The zero-order valence-electron chi connectivity index (χ0n) is 22.3. The molecule has 2 aromatic rings. The summed E-state index contributed by atoms with van der Waals surface area (Å²) in [6.07, 6.45) is 2.49. The van der Waals surface area contributed by atoms with Crippen molar-refractivity contribution in [1.82, 2.24) is 4.90 Å². The number of aliphatic carboxylic acids is 1. The number of hydrogen-bond donors (Lipinski definition) is 2. The van der Waals surface area contributed by atoms with Crippen molar-refractivity contribution in [3.63, 3.8) is 0 Å². The van der Waals surface area contributed by atoms with E-state index in [9.17, 15) is 9.59 Å². The summed E-state index contributed by atoms with van der Waals surface area (Å²) in [7, 11) is 0. The van der Waals surface area contributed by atoms with Crippen LogP contribution in [0.15, 0.2) is 24.3 Å². The minimum atomic E-state index is -0.887. The lowest BCUT2D eigenvalue weighted by molar-refractivity contribution is -0.137. The lowest BCUT2D eigenvalue weighted by Gasteiger charge is -2.21. The summed E-state index contributed by atoms with van der Waals surface area (Å²) in [6.45, 7) is 6.21. The van der Waals surface area contributed by atoms with Crippen LogP contribution in [-0.4, -0.2) is 67.0 Å². The average molecular weight is 609 g/mol. The number of halogens is 2. The van der Waals surface area contributed by atoms with Crippen molar-refractivity contribution >= 4 is 40.3 Å². The Morgan fingerprint density at radius 2 is 1.77 bits per heavy atom. The maximum absolute atomic E-state index is 15.4. The van der Waals surface area contributed by atoms with Crippen LogP contribution in [0, 0.1) is 11.2 Å². The predicted octanol–water partition coefficient (Wildman–Crippen LogP) is 5.07. The minimum absolute atomic E-state index is 0. The number of nitrogens with zero attached hydrogens (tertiary/aromatic N) is 2. The van der Waals surface area contributed by atoms with Crippen LogP contribution in [0.2, 0.25) is 0 Å². The fraction of sp³-hybridized carbons (Fsp3) is 0.464. The largest absolute Gasteiger partial charge is 0.493 e. The van der Waals surface area contributed by atoms with Crippen LogP contribution in [0.25, 0.3) is 0 Å². The average Bonchev–Trinajstić information content (AvgIpc) is 3.53. The molecule has 0 bridgehead atoms. The second-order valence-electron chi connectivity index (χ2n) is 9.30. The van der Waals surface area contributed by atoms with Crippen LogP contribution >= 0.6 is 17.0 Å². The Hall–Kier alpha value is -3.34. The maximum atomic E-state index is 15.4. The number of ether oxygens (including phenoxy) is 3. The molecule has 0 atom stereocenters. The number of nitrogens with one attached hydrogen (secondary N) is 1. The van der Waals surface area contributed by atoms with Crippen molar-refractivity contribution < 1.29 is 33.3 Å². The smallest absolute Gasteiger partial charge is 0.303 e. The van der Waals surface area contributed by atoms with Crippen LogP contribution in [0.4, 0.5) is 10.1 Å². The van der Waals surface area contributed by atoms with Crippen LogP contribution in [0.3, 0.4) is 0 Å². The van der Waals surface area contributed by atoms with Gasteiger partial charge in [-0.15, -0.1) is 17.0 Å². The van der Waals surface area contributed by atoms with Crippen molar-refractivity contribution in [2.24, 2.45) is 0 Å². The zero-order valence-corrected chi connectivity index (χ0v) is 24.0. The molecular weight excluding hydrogens is 573 g/mol. The Morgan fingerprint density at radius 3 is 2.44 bits per heavy atom. The van der Waals surface area contributed by atoms with Crippen molar-refractivity contribution in [2.75, 3.05) is 44.4 Å². The first-order valence-corrected chi connectivity index (χ1v) is 13.0. The van der Waals surface area contributed by atoms with Crippen LogP contribution in [-0.2, 0) is 11.3 Å². The van der Waals surface area contributed by atoms with Crippen molar-refractivity contribution in [1.29, 1.82) is 5.41 Å². The molecule has 0 radical (unpaired) electrons. The third-order valence-electron chi connectivity index (χ3n) is 6.59. The number of carbonyl (C=O) groups excluding carboxylic acids is 1. The Balaban J connectivity index is 0.00000420. The minimum Gasteiger partial charge on any atom is -0.493 e. The van der Waals surface area contributed by atoms with E-state index in [2.05, 4.69) is 4.90 Å². The lowest BCUT2D eigenvalue weighted by Crippen LogP contribution is -2.30. The Kier molecular flexibility index (Phi) is 10.6. The zero-order chi connectivity index (χ0) is 27.2. The molecule has 1 fully saturated rings. The molecule has 2 aliphatic rings. The summed E-state index contributed by atoms with van der Waals surface area (Å²) >= 11 is 0. The molecule has 0 spiro atoms. The number of ketones is 1. The SMILES string of the molecule is Br.CCOc1cc2c(c(F)c1OCC)C(=N)N(CC(=O)c1cc(OCCCC(=O)O)cc(N3CCCC3)c1)C2. The summed E-state index contributed by atoms with van der Waals surface area (Å²) in [5, 5.41) is 17.5. The van der Waals surface area contributed by atoms with Gasteiger partial charge in [0.15, 0.2) is 23.1 Å². The molecule has 2 N–H and O–H groups in total. The van der Waals surface area contributed by atoms with Gasteiger partial charge in [-0.1, -0.05) is 0 Å². The number of amidine groups is 1. The van der Waals surface area contributed by atoms with E-state index in [1.165, 1.54) is 4.90 Å². The number of anilines is 1. The van der Waals surface area contributed by atoms with E-state index in [-0.39, 0.29) is 78.4 Å². The second-order valence-corrected chi connectivity index (χ2v) is 9.30. The molecule has 212 valence electrons. The monoisotopic (exact) mass is 607 g/mol. The number of Topliss-reactive ketones (excluding diaryl/α,β-unsaturated/α-hetero) is 1. The number of carboxylic acids is 1. The molecule has 39 heavy (non-hydrogen) atoms. The highest BCUT2D eigenvalue weighted by molar-refractivity contribution is 8.93. The van der Waals surface area contributed by atoms with Gasteiger partial charge in [-0.25, -0.2) is 4.39 Å². The lowest BCUT2D eigenvalue weighted by atomic mass is 10.1. The first-order valence-electron chi connectivity index (χ1n) is 13.0. The van der Waals surface area contributed by atoms with Crippen molar-refractivity contribution in [3.8, 4) is 17.2 Å². The number of fused-ring (bicyclic) bond motifs is 1. The molecule has 2 aliphatic heterocycles. The van der Waals surface area contributed by atoms with Gasteiger partial charge in [-0.05, 0) is 56.9 Å². The molecule has 0 aliphatic carbocycles. The third-order valence-corrected chi connectivity index (χ3v) is 6.59. The first-order chi connectivity index (χ1) is 18.3. The third kappa shape index (κ3) is 7.00. The van der Waals surface area contributed by atoms with E-state index in [0.717, 1.165) is 31.6 Å². The van der Waals surface area contributed by atoms with Gasteiger partial charge in [-0.2, -0.15) is 0 Å². The van der Waals surface area contributed by atoms with Crippen LogP contribution in [0.5, 0.6) is 17.2 Å². The molecular formula is C28H35BrFN3O6. The van der Waals surface area contributed by atoms with Gasteiger partial charge in [0, 0.05) is 43.4 Å². The molecule has 2 aromatic carbocycles. The van der Waals surface area contributed by atoms with Gasteiger partial charge in [-0.3, -0.25) is 15.0 Å².